The quantitative estimate of drug-likeness (QED) is 0.830. The largest absolute Gasteiger partial charge is 0.487 e. The van der Waals surface area contributed by atoms with Gasteiger partial charge in [-0.25, -0.2) is 8.78 Å². The van der Waals surface area contributed by atoms with E-state index < -0.39 is 5.82 Å². The maximum atomic E-state index is 13.3. The third kappa shape index (κ3) is 2.64. The van der Waals surface area contributed by atoms with Crippen LogP contribution in [0.2, 0.25) is 0 Å². The monoisotopic (exact) mass is 245 g/mol. The van der Waals surface area contributed by atoms with Crippen LogP contribution < -0.4 is 4.74 Å². The molecule has 0 aromatic heterocycles. The number of benzene rings is 2. The van der Waals surface area contributed by atoms with Crippen LogP contribution in [0, 0.1) is 23.0 Å². The third-order valence-corrected chi connectivity index (χ3v) is 2.39. The van der Waals surface area contributed by atoms with Crippen LogP contribution >= 0.6 is 0 Å². The first-order valence-corrected chi connectivity index (χ1v) is 5.26. The Morgan fingerprint density at radius 1 is 1.06 bits per heavy atom. The molecule has 0 amide bonds. The van der Waals surface area contributed by atoms with Gasteiger partial charge in [-0.2, -0.15) is 5.26 Å². The highest BCUT2D eigenvalue weighted by Crippen LogP contribution is 2.21. The third-order valence-electron chi connectivity index (χ3n) is 2.39. The van der Waals surface area contributed by atoms with Crippen molar-refractivity contribution in [2.45, 2.75) is 6.61 Å². The number of rotatable bonds is 3. The molecular weight excluding hydrogens is 236 g/mol. The second kappa shape index (κ2) is 5.28. The lowest BCUT2D eigenvalue weighted by molar-refractivity contribution is 0.303. The molecule has 0 saturated carbocycles. The zero-order valence-electron chi connectivity index (χ0n) is 9.36. The van der Waals surface area contributed by atoms with Gasteiger partial charge < -0.3 is 4.74 Å². The van der Waals surface area contributed by atoms with Crippen molar-refractivity contribution < 1.29 is 13.5 Å². The van der Waals surface area contributed by atoms with Crippen LogP contribution in [0.4, 0.5) is 8.78 Å². The molecule has 0 aliphatic heterocycles. The molecular formula is C14H9F2NO. The van der Waals surface area contributed by atoms with Crippen LogP contribution in [0.15, 0.2) is 42.5 Å². The summed E-state index contributed by atoms with van der Waals surface area (Å²) in [5.74, 6) is -0.766. The molecule has 18 heavy (non-hydrogen) atoms. The molecule has 0 fully saturated rings. The Balaban J connectivity index is 2.14. The molecule has 0 aliphatic rings. The van der Waals surface area contributed by atoms with Crippen LogP contribution in [0.25, 0.3) is 0 Å². The highest BCUT2D eigenvalue weighted by Gasteiger charge is 2.08. The minimum atomic E-state index is -0.617. The summed E-state index contributed by atoms with van der Waals surface area (Å²) in [5.41, 5.74) is 0.615. The molecule has 0 N–H and O–H groups in total. The lowest BCUT2D eigenvalue weighted by Crippen LogP contribution is -1.98. The lowest BCUT2D eigenvalue weighted by Gasteiger charge is -2.08. The van der Waals surface area contributed by atoms with Crippen LogP contribution in [-0.2, 0) is 6.61 Å². The molecule has 2 nitrogen and oxygen atoms in total. The van der Waals surface area contributed by atoms with Crippen molar-refractivity contribution in [3.05, 3.63) is 65.2 Å². The summed E-state index contributed by atoms with van der Waals surface area (Å²) in [4.78, 5) is 0. The highest BCUT2D eigenvalue weighted by molar-refractivity contribution is 5.43. The second-order valence-corrected chi connectivity index (χ2v) is 3.64. The number of halogens is 2. The average molecular weight is 245 g/mol. The Labute approximate surface area is 103 Å². The first-order valence-electron chi connectivity index (χ1n) is 5.26. The number of nitriles is 1. The van der Waals surface area contributed by atoms with Crippen LogP contribution in [0.5, 0.6) is 5.75 Å². The van der Waals surface area contributed by atoms with Crippen molar-refractivity contribution in [3.8, 4) is 11.8 Å². The van der Waals surface area contributed by atoms with Gasteiger partial charge in [0.05, 0.1) is 0 Å². The molecule has 0 spiro atoms. The lowest BCUT2D eigenvalue weighted by atomic mass is 10.2. The van der Waals surface area contributed by atoms with Crippen molar-refractivity contribution >= 4 is 0 Å². The van der Waals surface area contributed by atoms with Gasteiger partial charge in [0.1, 0.15) is 35.6 Å². The first kappa shape index (κ1) is 12.1. The predicted octanol–water partition coefficient (Wildman–Crippen LogP) is 3.42. The molecule has 0 heterocycles. The fraction of sp³-hybridized carbons (Fsp3) is 0.0714. The van der Waals surface area contributed by atoms with E-state index in [1.165, 1.54) is 30.3 Å². The van der Waals surface area contributed by atoms with Gasteiger partial charge in [0, 0.05) is 0 Å². The molecule has 4 heteroatoms. The summed E-state index contributed by atoms with van der Waals surface area (Å²) >= 11 is 0. The number of ether oxygens (including phenoxy) is 1. The molecule has 0 unspecified atom stereocenters. The standard InChI is InChI=1S/C14H9F2NO/c15-11-6-4-10(5-7-11)9-18-14-3-1-2-13(16)12(14)8-17/h1-7H,9H2. The normalized spacial score (nSPS) is 9.83. The minimum Gasteiger partial charge on any atom is -0.487 e. The minimum absolute atomic E-state index is 0.125. The molecule has 2 aromatic rings. The fourth-order valence-electron chi connectivity index (χ4n) is 1.47. The van der Waals surface area contributed by atoms with Gasteiger partial charge in [-0.05, 0) is 29.8 Å². The summed E-state index contributed by atoms with van der Waals surface area (Å²) in [6.07, 6.45) is 0. The van der Waals surface area contributed by atoms with Crippen LogP contribution in [0.3, 0.4) is 0 Å². The van der Waals surface area contributed by atoms with Gasteiger partial charge in [0.25, 0.3) is 0 Å². The predicted molar refractivity (Wildman–Crippen MR) is 61.8 cm³/mol. The number of hydrogen-bond donors (Lipinski definition) is 0. The van der Waals surface area contributed by atoms with E-state index in [-0.39, 0.29) is 23.7 Å². The van der Waals surface area contributed by atoms with E-state index in [0.29, 0.717) is 0 Å². The summed E-state index contributed by atoms with van der Waals surface area (Å²) in [5, 5.41) is 8.81. The Hall–Kier alpha value is -2.41. The molecule has 0 saturated heterocycles. The molecule has 90 valence electrons. The Morgan fingerprint density at radius 3 is 2.44 bits per heavy atom. The van der Waals surface area contributed by atoms with Gasteiger partial charge in [-0.3, -0.25) is 0 Å². The molecule has 0 atom stereocenters. The van der Waals surface area contributed by atoms with Crippen molar-refractivity contribution in [1.82, 2.24) is 0 Å². The van der Waals surface area contributed by atoms with E-state index >= 15 is 0 Å². The summed E-state index contributed by atoms with van der Waals surface area (Å²) in [6.45, 7) is 0.151. The van der Waals surface area contributed by atoms with Gasteiger partial charge in [0.15, 0.2) is 0 Å². The molecule has 0 aliphatic carbocycles. The Bertz CT molecular complexity index is 588. The Morgan fingerprint density at radius 2 is 1.78 bits per heavy atom. The second-order valence-electron chi connectivity index (χ2n) is 3.64. The zero-order valence-corrected chi connectivity index (χ0v) is 9.36. The van der Waals surface area contributed by atoms with Crippen molar-refractivity contribution in [2.24, 2.45) is 0 Å². The summed E-state index contributed by atoms with van der Waals surface area (Å²) in [6, 6.07) is 11.7. The van der Waals surface area contributed by atoms with Crippen LogP contribution in [-0.4, -0.2) is 0 Å². The smallest absolute Gasteiger partial charge is 0.144 e. The zero-order chi connectivity index (χ0) is 13.0. The van der Waals surface area contributed by atoms with Crippen molar-refractivity contribution in [1.29, 1.82) is 5.26 Å². The van der Waals surface area contributed by atoms with E-state index in [0.717, 1.165) is 5.56 Å². The maximum Gasteiger partial charge on any atom is 0.144 e. The van der Waals surface area contributed by atoms with Gasteiger partial charge in [0.2, 0.25) is 0 Å². The molecule has 2 aromatic carbocycles. The first-order chi connectivity index (χ1) is 8.70. The van der Waals surface area contributed by atoms with E-state index in [2.05, 4.69) is 0 Å². The van der Waals surface area contributed by atoms with Crippen molar-refractivity contribution in [3.63, 3.8) is 0 Å². The summed E-state index contributed by atoms with van der Waals surface area (Å²) < 4.78 is 31.3. The van der Waals surface area contributed by atoms with E-state index in [4.69, 9.17) is 10.00 Å². The fourth-order valence-corrected chi connectivity index (χ4v) is 1.47. The van der Waals surface area contributed by atoms with Gasteiger partial charge in [-0.1, -0.05) is 18.2 Å². The van der Waals surface area contributed by atoms with E-state index in [9.17, 15) is 8.78 Å². The summed E-state index contributed by atoms with van der Waals surface area (Å²) in [7, 11) is 0. The molecule has 0 bridgehead atoms. The van der Waals surface area contributed by atoms with Gasteiger partial charge >= 0.3 is 0 Å². The van der Waals surface area contributed by atoms with Crippen molar-refractivity contribution in [2.75, 3.05) is 0 Å². The number of hydrogen-bond acceptors (Lipinski definition) is 2. The molecule has 2 rings (SSSR count). The van der Waals surface area contributed by atoms with E-state index in [1.807, 2.05) is 0 Å². The SMILES string of the molecule is N#Cc1c(F)cccc1OCc1ccc(F)cc1. The molecule has 0 radical (unpaired) electrons. The number of nitrogens with zero attached hydrogens (tertiary/aromatic N) is 1. The van der Waals surface area contributed by atoms with Crippen LogP contribution in [0.1, 0.15) is 11.1 Å². The topological polar surface area (TPSA) is 33.0 Å². The maximum absolute atomic E-state index is 13.3. The average Bonchev–Trinajstić information content (AvgIpc) is 2.38. The Kier molecular flexibility index (Phi) is 3.54. The highest BCUT2D eigenvalue weighted by atomic mass is 19.1. The van der Waals surface area contributed by atoms with E-state index in [1.54, 1.807) is 18.2 Å². The van der Waals surface area contributed by atoms with Gasteiger partial charge in [-0.15, -0.1) is 0 Å².